The minimum atomic E-state index is -2.77. The molecule has 0 unspecified atom stereocenters. The Kier molecular flexibility index (Phi) is 6.16. The molecule has 0 aromatic heterocycles. The van der Waals surface area contributed by atoms with Crippen molar-refractivity contribution in [3.8, 4) is 0 Å². The summed E-state index contributed by atoms with van der Waals surface area (Å²) in [5, 5.41) is 12.4. The molecule has 0 bridgehead atoms. The number of aliphatic carboxylic acids is 1. The van der Waals surface area contributed by atoms with Crippen molar-refractivity contribution in [2.45, 2.75) is 76.5 Å². The van der Waals surface area contributed by atoms with Crippen molar-refractivity contribution >= 4 is 17.8 Å². The lowest BCUT2D eigenvalue weighted by Gasteiger charge is -2.31. The van der Waals surface area contributed by atoms with E-state index < -0.39 is 42.8 Å². The van der Waals surface area contributed by atoms with Gasteiger partial charge in [-0.2, -0.15) is 0 Å². The van der Waals surface area contributed by atoms with E-state index in [2.05, 4.69) is 5.32 Å². The van der Waals surface area contributed by atoms with Gasteiger partial charge in [0.1, 0.15) is 12.1 Å². The average molecular weight is 420 g/mol. The predicted octanol–water partition coefficient (Wildman–Crippen LogP) is 2.38. The summed E-state index contributed by atoms with van der Waals surface area (Å²) in [6, 6.07) is 5.35. The quantitative estimate of drug-likeness (QED) is 0.597. The minimum Gasteiger partial charge on any atom is -0.480 e. The van der Waals surface area contributed by atoms with Gasteiger partial charge < -0.3 is 14.7 Å². The third-order valence-corrected chi connectivity index (χ3v) is 6.13. The topological polar surface area (TPSA) is 95.9 Å². The molecule has 1 aromatic rings. The van der Waals surface area contributed by atoms with Crippen LogP contribution in [-0.2, 0) is 25.5 Å². The van der Waals surface area contributed by atoms with Gasteiger partial charge in [-0.1, -0.05) is 36.8 Å². The van der Waals surface area contributed by atoms with Crippen LogP contribution in [-0.4, -0.2) is 58.6 Å². The zero-order valence-electron chi connectivity index (χ0n) is 20.3. The zero-order valence-corrected chi connectivity index (χ0v) is 17.3. The zero-order chi connectivity index (χ0) is 24.2. The molecule has 2 fully saturated rings. The summed E-state index contributed by atoms with van der Waals surface area (Å²) in [7, 11) is 0. The van der Waals surface area contributed by atoms with Crippen molar-refractivity contribution < 1.29 is 28.3 Å². The maximum atomic E-state index is 13.5. The second-order valence-electron chi connectivity index (χ2n) is 8.02. The first-order chi connectivity index (χ1) is 15.6. The molecule has 7 nitrogen and oxygen atoms in total. The van der Waals surface area contributed by atoms with Gasteiger partial charge in [0.15, 0.2) is 0 Å². The second kappa shape index (κ2) is 10.1. The van der Waals surface area contributed by atoms with Gasteiger partial charge in [-0.05, 0) is 57.4 Å². The van der Waals surface area contributed by atoms with E-state index in [0.29, 0.717) is 19.3 Å². The number of fused-ring (bicyclic) bond motifs is 1. The molecule has 164 valence electrons. The smallest absolute Gasteiger partial charge is 0.326 e. The summed E-state index contributed by atoms with van der Waals surface area (Å²) < 4.78 is 29.1. The van der Waals surface area contributed by atoms with Crippen LogP contribution in [0.4, 0.5) is 0 Å². The molecule has 1 aliphatic carbocycles. The summed E-state index contributed by atoms with van der Waals surface area (Å²) in [4.78, 5) is 39.3. The van der Waals surface area contributed by atoms with Crippen LogP contribution in [0.1, 0.15) is 55.6 Å². The summed E-state index contributed by atoms with van der Waals surface area (Å²) in [5.74, 6) is -2.49. The van der Waals surface area contributed by atoms with Crippen molar-refractivity contribution in [2.24, 2.45) is 5.92 Å². The third-order valence-electron chi connectivity index (χ3n) is 6.13. The molecule has 1 heterocycles. The van der Waals surface area contributed by atoms with Crippen molar-refractivity contribution in [1.82, 2.24) is 10.2 Å². The van der Waals surface area contributed by atoms with Gasteiger partial charge in [0, 0.05) is 10.2 Å². The van der Waals surface area contributed by atoms with Crippen LogP contribution in [0.5, 0.6) is 0 Å². The molecule has 1 saturated carbocycles. The number of esters is 1. The van der Waals surface area contributed by atoms with Crippen LogP contribution in [0.15, 0.2) is 30.3 Å². The van der Waals surface area contributed by atoms with E-state index >= 15 is 0 Å². The highest BCUT2D eigenvalue weighted by atomic mass is 16.5. The molecule has 7 heteroatoms. The molecule has 1 amide bonds. The number of rotatable bonds is 9. The largest absolute Gasteiger partial charge is 0.480 e. The van der Waals surface area contributed by atoms with Crippen molar-refractivity contribution in [2.75, 3.05) is 6.61 Å². The Morgan fingerprint density at radius 3 is 2.73 bits per heavy atom. The van der Waals surface area contributed by atoms with Gasteiger partial charge in [0.2, 0.25) is 5.91 Å². The van der Waals surface area contributed by atoms with Crippen molar-refractivity contribution in [3.05, 3.63) is 35.9 Å². The molecule has 1 aromatic carbocycles. The molecular formula is C23H32N2O5. The molecule has 0 spiro atoms. The molecular weight excluding hydrogens is 384 g/mol. The number of carboxylic acids is 1. The Bertz CT molecular complexity index is 848. The van der Waals surface area contributed by atoms with Crippen LogP contribution in [0.3, 0.4) is 0 Å². The fourth-order valence-electron chi connectivity index (χ4n) is 4.72. The first-order valence-corrected chi connectivity index (χ1v) is 10.6. The number of aryl methyl sites for hydroxylation is 1. The van der Waals surface area contributed by atoms with E-state index in [9.17, 15) is 19.5 Å². The molecule has 3 rings (SSSR count). The fourth-order valence-corrected chi connectivity index (χ4v) is 4.72. The normalized spacial score (nSPS) is 26.8. The second-order valence-corrected chi connectivity index (χ2v) is 8.02. The Morgan fingerprint density at radius 1 is 1.30 bits per heavy atom. The van der Waals surface area contributed by atoms with Gasteiger partial charge in [-0.25, -0.2) is 4.79 Å². The summed E-state index contributed by atoms with van der Waals surface area (Å²) in [6.45, 7) is -1.000. The highest BCUT2D eigenvalue weighted by molar-refractivity contribution is 5.88. The SMILES string of the molecule is [2H]C([2H])([2H])[C@H](N[C@@H](CCc1ccccc1)C(=O)OCC)C(=O)N1[C@H](C(=O)O)C[C@@H]2CCC[C@@H]21. The summed E-state index contributed by atoms with van der Waals surface area (Å²) in [5.41, 5.74) is 0.963. The van der Waals surface area contributed by atoms with Gasteiger partial charge in [-0.15, -0.1) is 0 Å². The lowest BCUT2D eigenvalue weighted by Crippen LogP contribution is -2.55. The molecule has 1 aliphatic heterocycles. The summed E-state index contributed by atoms with van der Waals surface area (Å²) in [6.07, 6.45) is 3.40. The number of nitrogens with one attached hydrogen (secondary N) is 1. The first kappa shape index (κ1) is 18.4. The predicted molar refractivity (Wildman–Crippen MR) is 112 cm³/mol. The lowest BCUT2D eigenvalue weighted by atomic mass is 10.0. The Hall–Kier alpha value is -2.41. The van der Waals surface area contributed by atoms with E-state index in [-0.39, 0.29) is 25.0 Å². The van der Waals surface area contributed by atoms with E-state index in [1.165, 1.54) is 4.90 Å². The monoisotopic (exact) mass is 419 g/mol. The fraction of sp³-hybridized carbons (Fsp3) is 0.609. The first-order valence-electron chi connectivity index (χ1n) is 12.1. The average Bonchev–Trinajstić information content (AvgIpc) is 3.34. The number of nitrogens with zero attached hydrogens (tertiary/aromatic N) is 1. The van der Waals surface area contributed by atoms with E-state index in [4.69, 9.17) is 8.85 Å². The molecule has 1 saturated heterocycles. The third kappa shape index (κ3) is 5.01. The Morgan fingerprint density at radius 2 is 2.07 bits per heavy atom. The van der Waals surface area contributed by atoms with Crippen LogP contribution in [0.2, 0.25) is 0 Å². The molecule has 30 heavy (non-hydrogen) atoms. The molecule has 2 N–H and O–H groups in total. The van der Waals surface area contributed by atoms with Gasteiger partial charge >= 0.3 is 11.9 Å². The van der Waals surface area contributed by atoms with Gasteiger partial charge in [0.05, 0.1) is 12.6 Å². The summed E-state index contributed by atoms with van der Waals surface area (Å²) >= 11 is 0. The minimum absolute atomic E-state index is 0.0613. The highest BCUT2D eigenvalue weighted by Crippen LogP contribution is 2.41. The highest BCUT2D eigenvalue weighted by Gasteiger charge is 2.49. The standard InChI is InChI=1S/C23H32N2O5/c1-3-30-23(29)18(13-12-16-8-5-4-6-9-16)24-15(2)21(26)25-19-11-7-10-17(19)14-20(25)22(27)28/h4-6,8-9,15,17-20,24H,3,7,10-14H2,1-2H3,(H,27,28)/t15-,17-,18-,19-,20-/m0/s1/i2D3. The maximum Gasteiger partial charge on any atom is 0.326 e. The van der Waals surface area contributed by atoms with Crippen LogP contribution in [0.25, 0.3) is 0 Å². The van der Waals surface area contributed by atoms with Crippen molar-refractivity contribution in [1.29, 1.82) is 0 Å². The number of likely N-dealkylation sites (tertiary alicyclic amines) is 1. The van der Waals surface area contributed by atoms with Gasteiger partial charge in [0.25, 0.3) is 0 Å². The van der Waals surface area contributed by atoms with E-state index in [0.717, 1.165) is 18.4 Å². The van der Waals surface area contributed by atoms with E-state index in [1.54, 1.807) is 6.92 Å². The maximum absolute atomic E-state index is 13.5. The van der Waals surface area contributed by atoms with Gasteiger partial charge in [-0.3, -0.25) is 14.9 Å². The van der Waals surface area contributed by atoms with Crippen LogP contribution < -0.4 is 5.32 Å². The number of amides is 1. The van der Waals surface area contributed by atoms with Crippen LogP contribution >= 0.6 is 0 Å². The number of ether oxygens (including phenoxy) is 1. The number of carbonyl (C=O) groups excluding carboxylic acids is 2. The molecule has 2 aliphatic rings. The molecule has 0 radical (unpaired) electrons. The van der Waals surface area contributed by atoms with Crippen LogP contribution in [0, 0.1) is 5.92 Å². The number of hydrogen-bond acceptors (Lipinski definition) is 5. The Balaban J connectivity index is 1.83. The lowest BCUT2D eigenvalue weighted by molar-refractivity contribution is -0.151. The van der Waals surface area contributed by atoms with E-state index in [1.807, 2.05) is 30.3 Å². The Labute approximate surface area is 182 Å². The van der Waals surface area contributed by atoms with Crippen molar-refractivity contribution in [3.63, 3.8) is 0 Å². The number of hydrogen-bond donors (Lipinski definition) is 2. The number of carboxylic acid groups (broad SMARTS) is 1. The number of carbonyl (C=O) groups is 3. The molecule has 5 atom stereocenters. The number of benzene rings is 1.